The molecule has 1 unspecified atom stereocenters. The smallest absolute Gasteiger partial charge is 0.259 e. The number of carbonyl (C=O) groups excluding carboxylic acids is 2. The molecule has 0 bridgehead atoms. The first kappa shape index (κ1) is 13.6. The van der Waals surface area contributed by atoms with Crippen molar-refractivity contribution in [1.29, 1.82) is 0 Å². The predicted molar refractivity (Wildman–Crippen MR) is 81.4 cm³/mol. The Morgan fingerprint density at radius 3 is 2.62 bits per heavy atom. The molecule has 4 nitrogen and oxygen atoms in total. The van der Waals surface area contributed by atoms with E-state index in [0.29, 0.717) is 17.0 Å². The molecule has 1 aliphatic heterocycles. The highest BCUT2D eigenvalue weighted by Gasteiger charge is 2.37. The van der Waals surface area contributed by atoms with Crippen LogP contribution in [0, 0.1) is 0 Å². The number of hydrogen-bond acceptors (Lipinski definition) is 2. The number of hydrogen-bond donors (Lipinski definition) is 1. The van der Waals surface area contributed by atoms with Crippen LogP contribution in [0.3, 0.4) is 0 Å². The van der Waals surface area contributed by atoms with Crippen LogP contribution in [-0.4, -0.2) is 17.9 Å². The van der Waals surface area contributed by atoms with Crippen molar-refractivity contribution in [2.75, 3.05) is 4.90 Å². The minimum absolute atomic E-state index is 0.272. The first-order chi connectivity index (χ1) is 10.1. The summed E-state index contributed by atoms with van der Waals surface area (Å²) >= 11 is 5.93. The first-order valence-corrected chi connectivity index (χ1v) is 6.92. The van der Waals surface area contributed by atoms with E-state index in [4.69, 9.17) is 17.3 Å². The van der Waals surface area contributed by atoms with E-state index in [1.165, 1.54) is 4.90 Å². The number of nitrogens with two attached hydrogens (primary N) is 1. The lowest BCUT2D eigenvalue weighted by atomic mass is 10.1. The number of halogens is 1. The van der Waals surface area contributed by atoms with Gasteiger partial charge in [-0.25, -0.2) is 0 Å². The summed E-state index contributed by atoms with van der Waals surface area (Å²) < 4.78 is 0. The zero-order valence-electron chi connectivity index (χ0n) is 11.1. The quantitative estimate of drug-likeness (QED) is 0.925. The van der Waals surface area contributed by atoms with E-state index >= 15 is 0 Å². The van der Waals surface area contributed by atoms with Crippen molar-refractivity contribution in [2.45, 2.75) is 12.5 Å². The summed E-state index contributed by atoms with van der Waals surface area (Å²) in [6.45, 7) is 0. The molecule has 3 rings (SSSR count). The molecule has 106 valence electrons. The lowest BCUT2D eigenvalue weighted by Crippen LogP contribution is -2.46. The Balaban J connectivity index is 2.05. The number of benzene rings is 2. The van der Waals surface area contributed by atoms with Gasteiger partial charge in [-0.05, 0) is 29.8 Å². The fourth-order valence-electron chi connectivity index (χ4n) is 2.63. The summed E-state index contributed by atoms with van der Waals surface area (Å²) in [4.78, 5) is 25.9. The standard InChI is InChI=1S/C16H13ClN2O2/c17-12-6-3-5-11(8-12)16(21)19-13-7-2-1-4-10(13)9-14(19)15(18)20/h1-8,14H,9H2,(H2,18,20). The fourth-order valence-corrected chi connectivity index (χ4v) is 2.82. The van der Waals surface area contributed by atoms with Crippen molar-refractivity contribution in [2.24, 2.45) is 5.73 Å². The largest absolute Gasteiger partial charge is 0.368 e. The molecule has 2 aromatic rings. The molecule has 0 aromatic heterocycles. The Morgan fingerprint density at radius 2 is 1.90 bits per heavy atom. The normalized spacial score (nSPS) is 16.6. The average molecular weight is 301 g/mol. The molecule has 2 N–H and O–H groups in total. The Morgan fingerprint density at radius 1 is 1.14 bits per heavy atom. The maximum Gasteiger partial charge on any atom is 0.259 e. The summed E-state index contributed by atoms with van der Waals surface area (Å²) in [5, 5.41) is 0.476. The second-order valence-electron chi connectivity index (χ2n) is 4.94. The van der Waals surface area contributed by atoms with Gasteiger partial charge >= 0.3 is 0 Å². The van der Waals surface area contributed by atoms with E-state index in [-0.39, 0.29) is 5.91 Å². The lowest BCUT2D eigenvalue weighted by Gasteiger charge is -2.23. The lowest BCUT2D eigenvalue weighted by molar-refractivity contribution is -0.119. The summed E-state index contributed by atoms with van der Waals surface area (Å²) in [6, 6.07) is 13.4. The van der Waals surface area contributed by atoms with Crippen LogP contribution in [-0.2, 0) is 11.2 Å². The predicted octanol–water partition coefficient (Wildman–Crippen LogP) is 2.40. The van der Waals surface area contributed by atoms with Gasteiger partial charge in [-0.3, -0.25) is 14.5 Å². The number of primary amides is 1. The fraction of sp³-hybridized carbons (Fsp3) is 0.125. The molecule has 0 saturated carbocycles. The summed E-state index contributed by atoms with van der Waals surface area (Å²) in [7, 11) is 0. The van der Waals surface area contributed by atoms with Crippen LogP contribution in [0.5, 0.6) is 0 Å². The number of fused-ring (bicyclic) bond motifs is 1. The third-order valence-corrected chi connectivity index (χ3v) is 3.83. The van der Waals surface area contributed by atoms with Gasteiger partial charge < -0.3 is 5.73 Å². The van der Waals surface area contributed by atoms with Gasteiger partial charge in [0.2, 0.25) is 5.91 Å². The van der Waals surface area contributed by atoms with Crippen molar-refractivity contribution in [1.82, 2.24) is 0 Å². The van der Waals surface area contributed by atoms with E-state index in [2.05, 4.69) is 0 Å². The maximum atomic E-state index is 12.7. The minimum atomic E-state index is -0.658. The van der Waals surface area contributed by atoms with Crippen LogP contribution in [0.2, 0.25) is 5.02 Å². The van der Waals surface area contributed by atoms with Crippen LogP contribution in [0.1, 0.15) is 15.9 Å². The number of nitrogens with zero attached hydrogens (tertiary/aromatic N) is 1. The number of rotatable bonds is 2. The molecule has 0 radical (unpaired) electrons. The molecule has 0 fully saturated rings. The zero-order chi connectivity index (χ0) is 15.0. The topological polar surface area (TPSA) is 63.4 Å². The van der Waals surface area contributed by atoms with Gasteiger partial charge in [0, 0.05) is 22.7 Å². The molecule has 1 heterocycles. The van der Waals surface area contributed by atoms with E-state index in [0.717, 1.165) is 11.3 Å². The first-order valence-electron chi connectivity index (χ1n) is 6.54. The Hall–Kier alpha value is -2.33. The Bertz CT molecular complexity index is 730. The summed E-state index contributed by atoms with van der Waals surface area (Å²) in [5.41, 5.74) is 7.56. The third-order valence-electron chi connectivity index (χ3n) is 3.59. The van der Waals surface area contributed by atoms with Crippen LogP contribution in [0.15, 0.2) is 48.5 Å². The second kappa shape index (κ2) is 5.22. The SMILES string of the molecule is NC(=O)C1Cc2ccccc2N1C(=O)c1cccc(Cl)c1. The molecular formula is C16H13ClN2O2. The minimum Gasteiger partial charge on any atom is -0.368 e. The molecule has 0 aliphatic carbocycles. The Kier molecular flexibility index (Phi) is 3.39. The number of anilines is 1. The van der Waals surface area contributed by atoms with Crippen LogP contribution >= 0.6 is 11.6 Å². The van der Waals surface area contributed by atoms with Crippen LogP contribution in [0.4, 0.5) is 5.69 Å². The number of para-hydroxylation sites is 1. The molecule has 1 atom stereocenters. The molecule has 2 aromatic carbocycles. The number of carbonyl (C=O) groups is 2. The van der Waals surface area contributed by atoms with Gasteiger partial charge in [0.1, 0.15) is 6.04 Å². The van der Waals surface area contributed by atoms with Crippen LogP contribution < -0.4 is 10.6 Å². The van der Waals surface area contributed by atoms with Crippen molar-refractivity contribution >= 4 is 29.1 Å². The third kappa shape index (κ3) is 2.38. The van der Waals surface area contributed by atoms with Gasteiger partial charge in [0.15, 0.2) is 0 Å². The van der Waals surface area contributed by atoms with E-state index in [1.54, 1.807) is 24.3 Å². The Labute approximate surface area is 127 Å². The van der Waals surface area contributed by atoms with Gasteiger partial charge in [-0.1, -0.05) is 35.9 Å². The molecule has 2 amide bonds. The summed E-state index contributed by atoms with van der Waals surface area (Å²) in [5.74, 6) is -0.784. The monoisotopic (exact) mass is 300 g/mol. The highest BCUT2D eigenvalue weighted by molar-refractivity contribution is 6.31. The molecule has 1 aliphatic rings. The van der Waals surface area contributed by atoms with Crippen molar-refractivity contribution in [3.8, 4) is 0 Å². The van der Waals surface area contributed by atoms with Gasteiger partial charge in [-0.15, -0.1) is 0 Å². The maximum absolute atomic E-state index is 12.7. The van der Waals surface area contributed by atoms with Gasteiger partial charge in [0.25, 0.3) is 5.91 Å². The van der Waals surface area contributed by atoms with E-state index in [1.807, 2.05) is 24.3 Å². The molecule has 5 heteroatoms. The molecule has 0 spiro atoms. The van der Waals surface area contributed by atoms with E-state index in [9.17, 15) is 9.59 Å². The second-order valence-corrected chi connectivity index (χ2v) is 5.37. The highest BCUT2D eigenvalue weighted by Crippen LogP contribution is 2.33. The van der Waals surface area contributed by atoms with Crippen molar-refractivity contribution < 1.29 is 9.59 Å². The molecular weight excluding hydrogens is 288 g/mol. The molecule has 0 saturated heterocycles. The zero-order valence-corrected chi connectivity index (χ0v) is 11.9. The van der Waals surface area contributed by atoms with Crippen molar-refractivity contribution in [3.05, 3.63) is 64.7 Å². The van der Waals surface area contributed by atoms with Gasteiger partial charge in [0.05, 0.1) is 0 Å². The molecule has 21 heavy (non-hydrogen) atoms. The highest BCUT2D eigenvalue weighted by atomic mass is 35.5. The van der Waals surface area contributed by atoms with Crippen LogP contribution in [0.25, 0.3) is 0 Å². The van der Waals surface area contributed by atoms with Crippen molar-refractivity contribution in [3.63, 3.8) is 0 Å². The number of amides is 2. The summed E-state index contributed by atoms with van der Waals surface area (Å²) in [6.07, 6.45) is 0.442. The van der Waals surface area contributed by atoms with E-state index < -0.39 is 11.9 Å². The average Bonchev–Trinajstić information content (AvgIpc) is 2.86. The van der Waals surface area contributed by atoms with Gasteiger partial charge in [-0.2, -0.15) is 0 Å².